The first-order valence-corrected chi connectivity index (χ1v) is 5.42. The molecule has 1 aliphatic rings. The summed E-state index contributed by atoms with van der Waals surface area (Å²) in [5.74, 6) is 0. The Morgan fingerprint density at radius 1 is 0.875 bits per heavy atom. The van der Waals surface area contributed by atoms with E-state index < -0.39 is 0 Å². The lowest BCUT2D eigenvalue weighted by molar-refractivity contribution is 1.38. The zero-order valence-corrected chi connectivity index (χ0v) is 8.64. The molecule has 16 heavy (non-hydrogen) atoms. The minimum atomic E-state index is 1.08. The minimum Gasteiger partial charge on any atom is -0.256 e. The molecule has 4 rings (SSSR count). The highest BCUT2D eigenvalue weighted by Gasteiger charge is 2.12. The lowest BCUT2D eigenvalue weighted by atomic mass is 9.92. The minimum absolute atomic E-state index is 1.08. The van der Waals surface area contributed by atoms with Gasteiger partial charge in [0.05, 0.1) is 5.52 Å². The van der Waals surface area contributed by atoms with Crippen molar-refractivity contribution in [1.82, 2.24) is 4.98 Å². The molecule has 0 spiro atoms. The number of rotatable bonds is 0. The number of aromatic nitrogens is 1. The molecule has 74 valence electrons. The Kier molecular flexibility index (Phi) is 1.36. The largest absolute Gasteiger partial charge is 0.256 e. The highest BCUT2D eigenvalue weighted by Crippen LogP contribution is 2.34. The number of nitrogens with zero attached hydrogens (tertiary/aromatic N) is 1. The highest BCUT2D eigenvalue weighted by molar-refractivity contribution is 6.13. The molecule has 0 saturated heterocycles. The van der Waals surface area contributed by atoms with E-state index in [1.165, 1.54) is 27.3 Å². The Balaban J connectivity index is 2.33. The summed E-state index contributed by atoms with van der Waals surface area (Å²) >= 11 is 0. The molecule has 0 amide bonds. The summed E-state index contributed by atoms with van der Waals surface area (Å²) in [4.78, 5) is 4.49. The van der Waals surface area contributed by atoms with Crippen LogP contribution in [0.1, 0.15) is 11.1 Å². The Bertz CT molecular complexity index is 754. The van der Waals surface area contributed by atoms with Crippen LogP contribution >= 0.6 is 0 Å². The van der Waals surface area contributed by atoms with Crippen LogP contribution in [0.3, 0.4) is 0 Å². The number of hydrogen-bond acceptors (Lipinski definition) is 1. The predicted molar refractivity (Wildman–Crippen MR) is 68.2 cm³/mol. The molecule has 1 nitrogen and oxygen atoms in total. The van der Waals surface area contributed by atoms with Crippen LogP contribution in [0.4, 0.5) is 0 Å². The summed E-state index contributed by atoms with van der Waals surface area (Å²) in [6.07, 6.45) is 6.24. The van der Waals surface area contributed by atoms with Gasteiger partial charge in [0.1, 0.15) is 0 Å². The van der Waals surface area contributed by atoms with Crippen molar-refractivity contribution in [3.8, 4) is 0 Å². The van der Waals surface area contributed by atoms with Gasteiger partial charge in [-0.25, -0.2) is 0 Å². The zero-order chi connectivity index (χ0) is 10.5. The second kappa shape index (κ2) is 2.70. The molecule has 0 N–H and O–H groups in total. The van der Waals surface area contributed by atoms with Gasteiger partial charge in [-0.3, -0.25) is 4.98 Å². The Morgan fingerprint density at radius 2 is 1.81 bits per heavy atom. The molecule has 0 fully saturated rings. The third-order valence-electron chi connectivity index (χ3n) is 3.26. The fourth-order valence-electron chi connectivity index (χ4n) is 2.39. The van der Waals surface area contributed by atoms with Crippen LogP contribution in [0.5, 0.6) is 0 Å². The second-order valence-electron chi connectivity index (χ2n) is 4.14. The van der Waals surface area contributed by atoms with Crippen molar-refractivity contribution < 1.29 is 0 Å². The lowest BCUT2D eigenvalue weighted by Gasteiger charge is -2.14. The number of hydrogen-bond donors (Lipinski definition) is 0. The van der Waals surface area contributed by atoms with E-state index in [-0.39, 0.29) is 0 Å². The molecule has 1 heterocycles. The van der Waals surface area contributed by atoms with Crippen molar-refractivity contribution in [2.75, 3.05) is 0 Å². The van der Waals surface area contributed by atoms with Crippen molar-refractivity contribution in [3.05, 3.63) is 53.7 Å². The third-order valence-corrected chi connectivity index (χ3v) is 3.26. The molecule has 2 aromatic carbocycles. The maximum atomic E-state index is 4.49. The maximum absolute atomic E-state index is 4.49. The van der Waals surface area contributed by atoms with E-state index in [1.807, 2.05) is 6.20 Å². The molecular formula is C15H9N. The van der Waals surface area contributed by atoms with Crippen LogP contribution in [0.25, 0.3) is 33.8 Å². The summed E-state index contributed by atoms with van der Waals surface area (Å²) in [5.41, 5.74) is 3.67. The molecule has 0 unspecified atom stereocenters. The Hall–Kier alpha value is -2.15. The first-order valence-electron chi connectivity index (χ1n) is 5.42. The topological polar surface area (TPSA) is 12.9 Å². The van der Waals surface area contributed by atoms with Crippen molar-refractivity contribution in [3.63, 3.8) is 0 Å². The number of benzene rings is 2. The summed E-state index contributed by atoms with van der Waals surface area (Å²) < 4.78 is 0. The molecule has 0 saturated carbocycles. The van der Waals surface area contributed by atoms with Crippen molar-refractivity contribution >= 4 is 33.8 Å². The van der Waals surface area contributed by atoms with E-state index in [0.29, 0.717) is 0 Å². The zero-order valence-electron chi connectivity index (χ0n) is 8.64. The SMILES string of the molecule is C1=Cc2c1cnc1ccc3ccccc3c21. The fourth-order valence-corrected chi connectivity index (χ4v) is 2.39. The van der Waals surface area contributed by atoms with Crippen LogP contribution in [-0.2, 0) is 0 Å². The number of fused-ring (bicyclic) bond motifs is 5. The quantitative estimate of drug-likeness (QED) is 0.395. The van der Waals surface area contributed by atoms with Crippen molar-refractivity contribution in [2.45, 2.75) is 0 Å². The van der Waals surface area contributed by atoms with Gasteiger partial charge in [-0.15, -0.1) is 0 Å². The van der Waals surface area contributed by atoms with E-state index in [4.69, 9.17) is 0 Å². The van der Waals surface area contributed by atoms with E-state index in [9.17, 15) is 0 Å². The summed E-state index contributed by atoms with van der Waals surface area (Å²) in [5, 5.41) is 3.87. The molecular weight excluding hydrogens is 194 g/mol. The Labute approximate surface area is 93.0 Å². The maximum Gasteiger partial charge on any atom is 0.0714 e. The van der Waals surface area contributed by atoms with Crippen LogP contribution in [0.15, 0.2) is 42.6 Å². The fraction of sp³-hybridized carbons (Fsp3) is 0. The smallest absolute Gasteiger partial charge is 0.0714 e. The molecule has 0 radical (unpaired) electrons. The van der Waals surface area contributed by atoms with E-state index >= 15 is 0 Å². The average Bonchev–Trinajstić information content (AvgIpc) is 2.29. The molecule has 0 aliphatic heterocycles. The van der Waals surface area contributed by atoms with Gasteiger partial charge in [-0.1, -0.05) is 42.5 Å². The van der Waals surface area contributed by atoms with Gasteiger partial charge < -0.3 is 0 Å². The van der Waals surface area contributed by atoms with Crippen molar-refractivity contribution in [2.24, 2.45) is 0 Å². The molecule has 1 heteroatoms. The monoisotopic (exact) mass is 203 g/mol. The van der Waals surface area contributed by atoms with Gasteiger partial charge in [-0.2, -0.15) is 0 Å². The lowest BCUT2D eigenvalue weighted by Crippen LogP contribution is -1.94. The average molecular weight is 203 g/mol. The standard InChI is InChI=1S/C15H9N/c1-2-4-12-10(3-1)6-8-14-15(12)13-7-5-11(13)9-16-14/h1-9H. The van der Waals surface area contributed by atoms with Crippen LogP contribution in [0.2, 0.25) is 0 Å². The highest BCUT2D eigenvalue weighted by atomic mass is 14.7. The van der Waals surface area contributed by atoms with Crippen molar-refractivity contribution in [1.29, 1.82) is 0 Å². The predicted octanol–water partition coefficient (Wildman–Crippen LogP) is 3.87. The van der Waals surface area contributed by atoms with Gasteiger partial charge >= 0.3 is 0 Å². The summed E-state index contributed by atoms with van der Waals surface area (Å²) in [6, 6.07) is 12.7. The van der Waals surface area contributed by atoms with Gasteiger partial charge in [0.15, 0.2) is 0 Å². The first-order chi connectivity index (χ1) is 7.93. The van der Waals surface area contributed by atoms with E-state index in [1.54, 1.807) is 0 Å². The summed E-state index contributed by atoms with van der Waals surface area (Å²) in [6.45, 7) is 0. The molecule has 3 aromatic rings. The van der Waals surface area contributed by atoms with Crippen LogP contribution in [0, 0.1) is 0 Å². The second-order valence-corrected chi connectivity index (χ2v) is 4.14. The van der Waals surface area contributed by atoms with E-state index in [2.05, 4.69) is 53.5 Å². The summed E-state index contributed by atoms with van der Waals surface area (Å²) in [7, 11) is 0. The first kappa shape index (κ1) is 8.05. The van der Waals surface area contributed by atoms with Gasteiger partial charge in [-0.05, 0) is 22.4 Å². The molecule has 1 aliphatic carbocycles. The van der Waals surface area contributed by atoms with Gasteiger partial charge in [0.25, 0.3) is 0 Å². The number of pyridine rings is 1. The van der Waals surface area contributed by atoms with Gasteiger partial charge in [0.2, 0.25) is 0 Å². The van der Waals surface area contributed by atoms with Gasteiger partial charge in [0, 0.05) is 17.1 Å². The van der Waals surface area contributed by atoms with E-state index in [0.717, 1.165) is 5.52 Å². The Morgan fingerprint density at radius 3 is 2.69 bits per heavy atom. The molecule has 0 bridgehead atoms. The third kappa shape index (κ3) is 0.878. The normalized spacial score (nSPS) is 12.8. The molecule has 1 aromatic heterocycles. The van der Waals surface area contributed by atoms with Crippen LogP contribution in [-0.4, -0.2) is 4.98 Å². The van der Waals surface area contributed by atoms with Crippen LogP contribution < -0.4 is 0 Å². The molecule has 0 atom stereocenters.